The van der Waals surface area contributed by atoms with Crippen LogP contribution in [-0.2, 0) is 6.54 Å². The van der Waals surface area contributed by atoms with Gasteiger partial charge in [-0.1, -0.05) is 24.3 Å². The quantitative estimate of drug-likeness (QED) is 0.425. The number of rotatable bonds is 5. The highest BCUT2D eigenvalue weighted by atomic mass is 32.1. The highest BCUT2D eigenvalue weighted by Gasteiger charge is 2.18. The molecular formula is C25H23FN4OS. The fraction of sp³-hybridized carbons (Fsp3) is 0.240. The lowest BCUT2D eigenvalue weighted by atomic mass is 10.1. The molecule has 1 aliphatic heterocycles. The Kier molecular flexibility index (Phi) is 5.81. The second-order valence-corrected chi connectivity index (χ2v) is 8.82. The number of hydrogen-bond donors (Lipinski definition) is 1. The highest BCUT2D eigenvalue weighted by molar-refractivity contribution is 7.17. The second-order valence-electron chi connectivity index (χ2n) is 7.96. The van der Waals surface area contributed by atoms with Crippen molar-refractivity contribution in [3.8, 4) is 11.1 Å². The Morgan fingerprint density at radius 2 is 1.75 bits per heavy atom. The zero-order valence-corrected chi connectivity index (χ0v) is 18.4. The number of halogens is 1. The summed E-state index contributed by atoms with van der Waals surface area (Å²) in [5.41, 5.74) is 3.70. The standard InChI is InChI=1S/C25H23FN4OS/c26-20-10-8-18(9-11-20)21-15-32-24-22(21)23(28-16-29-24)27-14-17-4-6-19(7-5-17)25(31)30-12-2-1-3-13-30/h4-11,15-16H,1-3,12-14H2,(H,27,28,29). The van der Waals surface area contributed by atoms with Crippen molar-refractivity contribution in [3.05, 3.63) is 77.2 Å². The first-order valence-electron chi connectivity index (χ1n) is 10.8. The SMILES string of the molecule is O=C(c1ccc(CNc2ncnc3scc(-c4ccc(F)cc4)c23)cc1)N1CCCCC1. The van der Waals surface area contributed by atoms with Crippen molar-refractivity contribution >= 4 is 33.3 Å². The fourth-order valence-corrected chi connectivity index (χ4v) is 5.00. The number of nitrogens with one attached hydrogen (secondary N) is 1. The molecule has 1 aliphatic rings. The number of piperidine rings is 1. The molecule has 5 rings (SSSR count). The van der Waals surface area contributed by atoms with E-state index in [1.807, 2.05) is 34.5 Å². The van der Waals surface area contributed by atoms with Crippen LogP contribution in [0.1, 0.15) is 35.2 Å². The Morgan fingerprint density at radius 1 is 1.00 bits per heavy atom. The number of hydrogen-bond acceptors (Lipinski definition) is 5. The summed E-state index contributed by atoms with van der Waals surface area (Å²) in [5, 5.41) is 6.37. The minimum Gasteiger partial charge on any atom is -0.365 e. The summed E-state index contributed by atoms with van der Waals surface area (Å²) in [4.78, 5) is 24.3. The molecule has 2 aromatic heterocycles. The average Bonchev–Trinajstić information content (AvgIpc) is 3.28. The van der Waals surface area contributed by atoms with Crippen molar-refractivity contribution in [2.24, 2.45) is 0 Å². The average molecular weight is 447 g/mol. The number of fused-ring (bicyclic) bond motifs is 1. The minimum atomic E-state index is -0.259. The van der Waals surface area contributed by atoms with Crippen LogP contribution in [0.15, 0.2) is 60.2 Å². The van der Waals surface area contributed by atoms with Crippen LogP contribution in [0.5, 0.6) is 0 Å². The minimum absolute atomic E-state index is 0.115. The number of carbonyl (C=O) groups excluding carboxylic acids is 1. The predicted octanol–water partition coefficient (Wildman–Crippen LogP) is 5.74. The van der Waals surface area contributed by atoms with E-state index in [4.69, 9.17) is 0 Å². The normalized spacial score (nSPS) is 14.0. The van der Waals surface area contributed by atoms with Gasteiger partial charge in [0.2, 0.25) is 0 Å². The molecule has 32 heavy (non-hydrogen) atoms. The van der Waals surface area contributed by atoms with E-state index in [1.165, 1.54) is 18.6 Å². The zero-order chi connectivity index (χ0) is 21.9. The first kappa shape index (κ1) is 20.6. The van der Waals surface area contributed by atoms with Gasteiger partial charge in [0.25, 0.3) is 5.91 Å². The molecule has 3 heterocycles. The molecule has 0 bridgehead atoms. The van der Waals surface area contributed by atoms with Gasteiger partial charge in [-0.15, -0.1) is 11.3 Å². The maximum atomic E-state index is 13.4. The Balaban J connectivity index is 1.33. The number of thiophene rings is 1. The van der Waals surface area contributed by atoms with E-state index in [2.05, 4.69) is 15.3 Å². The molecule has 1 saturated heterocycles. The van der Waals surface area contributed by atoms with Crippen LogP contribution in [0.2, 0.25) is 0 Å². The number of amides is 1. The van der Waals surface area contributed by atoms with Gasteiger partial charge in [0.1, 0.15) is 22.8 Å². The molecule has 7 heteroatoms. The van der Waals surface area contributed by atoms with Gasteiger partial charge in [0.05, 0.1) is 5.39 Å². The van der Waals surface area contributed by atoms with Crippen molar-refractivity contribution < 1.29 is 9.18 Å². The van der Waals surface area contributed by atoms with E-state index in [0.29, 0.717) is 6.54 Å². The number of benzene rings is 2. The summed E-state index contributed by atoms with van der Waals surface area (Å²) in [6, 6.07) is 14.2. The largest absolute Gasteiger partial charge is 0.365 e. The monoisotopic (exact) mass is 446 g/mol. The Hall–Kier alpha value is -3.32. The molecule has 1 fully saturated rings. The molecule has 0 spiro atoms. The van der Waals surface area contributed by atoms with Crippen LogP contribution in [0.4, 0.5) is 10.2 Å². The summed E-state index contributed by atoms with van der Waals surface area (Å²) in [6.45, 7) is 2.27. The van der Waals surface area contributed by atoms with Gasteiger partial charge in [-0.3, -0.25) is 4.79 Å². The third kappa shape index (κ3) is 4.21. The summed E-state index contributed by atoms with van der Waals surface area (Å²) in [7, 11) is 0. The molecule has 0 aliphatic carbocycles. The van der Waals surface area contributed by atoms with Gasteiger partial charge in [-0.2, -0.15) is 0 Å². The van der Waals surface area contributed by atoms with Gasteiger partial charge in [-0.25, -0.2) is 14.4 Å². The zero-order valence-electron chi connectivity index (χ0n) is 17.6. The lowest BCUT2D eigenvalue weighted by Gasteiger charge is -2.26. The number of likely N-dealkylation sites (tertiary alicyclic amines) is 1. The van der Waals surface area contributed by atoms with Crippen molar-refractivity contribution in [3.63, 3.8) is 0 Å². The Morgan fingerprint density at radius 3 is 2.50 bits per heavy atom. The summed E-state index contributed by atoms with van der Waals surface area (Å²) in [6.07, 6.45) is 4.93. The van der Waals surface area contributed by atoms with Gasteiger partial charge < -0.3 is 10.2 Å². The molecular weight excluding hydrogens is 423 g/mol. The highest BCUT2D eigenvalue weighted by Crippen LogP contribution is 2.36. The van der Waals surface area contributed by atoms with E-state index >= 15 is 0 Å². The summed E-state index contributed by atoms with van der Waals surface area (Å²) < 4.78 is 13.4. The molecule has 0 radical (unpaired) electrons. The first-order valence-corrected chi connectivity index (χ1v) is 11.7. The number of nitrogens with zero attached hydrogens (tertiary/aromatic N) is 3. The summed E-state index contributed by atoms with van der Waals surface area (Å²) in [5.74, 6) is 0.595. The molecule has 0 saturated carbocycles. The van der Waals surface area contributed by atoms with Gasteiger partial charge in [0, 0.05) is 36.1 Å². The van der Waals surface area contributed by atoms with Crippen molar-refractivity contribution in [1.82, 2.24) is 14.9 Å². The number of carbonyl (C=O) groups is 1. The maximum Gasteiger partial charge on any atom is 0.253 e. The van der Waals surface area contributed by atoms with E-state index in [1.54, 1.807) is 29.8 Å². The molecule has 5 nitrogen and oxygen atoms in total. The molecule has 1 N–H and O–H groups in total. The molecule has 2 aromatic carbocycles. The molecule has 0 atom stereocenters. The maximum absolute atomic E-state index is 13.4. The van der Waals surface area contributed by atoms with Crippen LogP contribution in [0.3, 0.4) is 0 Å². The van der Waals surface area contributed by atoms with Crippen molar-refractivity contribution in [2.45, 2.75) is 25.8 Å². The smallest absolute Gasteiger partial charge is 0.253 e. The molecule has 4 aromatic rings. The van der Waals surface area contributed by atoms with Crippen LogP contribution >= 0.6 is 11.3 Å². The third-order valence-corrected chi connectivity index (χ3v) is 6.72. The van der Waals surface area contributed by atoms with E-state index in [0.717, 1.165) is 64.2 Å². The molecule has 162 valence electrons. The van der Waals surface area contributed by atoms with Gasteiger partial charge in [-0.05, 0) is 54.7 Å². The van der Waals surface area contributed by atoms with Gasteiger partial charge in [0.15, 0.2) is 0 Å². The van der Waals surface area contributed by atoms with Crippen LogP contribution < -0.4 is 5.32 Å². The Labute approximate surface area is 189 Å². The number of aromatic nitrogens is 2. The molecule has 0 unspecified atom stereocenters. The third-order valence-electron chi connectivity index (χ3n) is 5.83. The van der Waals surface area contributed by atoms with E-state index in [-0.39, 0.29) is 11.7 Å². The summed E-state index contributed by atoms with van der Waals surface area (Å²) >= 11 is 1.54. The predicted molar refractivity (Wildman–Crippen MR) is 126 cm³/mol. The molecule has 1 amide bonds. The van der Waals surface area contributed by atoms with Gasteiger partial charge >= 0.3 is 0 Å². The fourth-order valence-electron chi connectivity index (χ4n) is 4.08. The van der Waals surface area contributed by atoms with E-state index in [9.17, 15) is 9.18 Å². The Bertz CT molecular complexity index is 1230. The first-order chi connectivity index (χ1) is 15.7. The van der Waals surface area contributed by atoms with Crippen LogP contribution in [-0.4, -0.2) is 33.9 Å². The lowest BCUT2D eigenvalue weighted by Crippen LogP contribution is -2.35. The van der Waals surface area contributed by atoms with Crippen LogP contribution in [0, 0.1) is 5.82 Å². The second kappa shape index (κ2) is 9.04. The van der Waals surface area contributed by atoms with E-state index < -0.39 is 0 Å². The van der Waals surface area contributed by atoms with Crippen LogP contribution in [0.25, 0.3) is 21.3 Å². The topological polar surface area (TPSA) is 58.1 Å². The van der Waals surface area contributed by atoms with Crippen molar-refractivity contribution in [1.29, 1.82) is 0 Å². The number of anilines is 1. The lowest BCUT2D eigenvalue weighted by molar-refractivity contribution is 0.0724. The van der Waals surface area contributed by atoms with Crippen molar-refractivity contribution in [2.75, 3.05) is 18.4 Å².